The van der Waals surface area contributed by atoms with Gasteiger partial charge in [0.2, 0.25) is 0 Å². The Hall–Kier alpha value is -2.56. The minimum absolute atomic E-state index is 0.270. The summed E-state index contributed by atoms with van der Waals surface area (Å²) in [6.07, 6.45) is 0. The minimum atomic E-state index is -0.270. The number of hydrogen-bond donors (Lipinski definition) is 0. The zero-order valence-corrected chi connectivity index (χ0v) is 15.3. The number of anilines is 1. The molecule has 5 heteroatoms. The van der Waals surface area contributed by atoms with E-state index in [2.05, 4.69) is 0 Å². The van der Waals surface area contributed by atoms with E-state index in [9.17, 15) is 9.59 Å². The summed E-state index contributed by atoms with van der Waals surface area (Å²) in [5, 5.41) is 0.722. The molecule has 0 radical (unpaired) electrons. The summed E-state index contributed by atoms with van der Waals surface area (Å²) in [6.45, 7) is 0. The molecule has 0 N–H and O–H groups in total. The normalized spacial score (nSPS) is 13.2. The summed E-state index contributed by atoms with van der Waals surface area (Å²) in [7, 11) is 0. The number of benzene rings is 3. The fraction of sp³-hybridized carbons (Fsp3) is 0.0476. The van der Waals surface area contributed by atoms with Crippen molar-refractivity contribution in [3.63, 3.8) is 0 Å². The number of imide groups is 1. The highest BCUT2D eigenvalue weighted by atomic mass is 35.5. The molecule has 1 aliphatic rings. The zero-order chi connectivity index (χ0) is 18.1. The van der Waals surface area contributed by atoms with E-state index in [0.717, 1.165) is 21.2 Å². The number of carbonyl (C=O) groups excluding carboxylic acids is 2. The Morgan fingerprint density at radius 2 is 1.35 bits per heavy atom. The van der Waals surface area contributed by atoms with Crippen molar-refractivity contribution in [1.82, 2.24) is 0 Å². The van der Waals surface area contributed by atoms with Crippen LogP contribution in [0.15, 0.2) is 77.7 Å². The largest absolute Gasteiger partial charge is 0.268 e. The van der Waals surface area contributed by atoms with E-state index in [1.165, 1.54) is 4.90 Å². The first-order valence-corrected chi connectivity index (χ1v) is 9.45. The Morgan fingerprint density at radius 3 is 1.92 bits per heavy atom. The maximum Gasteiger partial charge on any atom is 0.266 e. The molecule has 3 aromatic carbocycles. The van der Waals surface area contributed by atoms with Crippen LogP contribution in [0.1, 0.15) is 26.3 Å². The van der Waals surface area contributed by atoms with Crippen LogP contribution in [-0.2, 0) is 5.75 Å². The number of amides is 2. The van der Waals surface area contributed by atoms with Gasteiger partial charge < -0.3 is 0 Å². The molecule has 0 saturated carbocycles. The summed E-state index contributed by atoms with van der Waals surface area (Å²) in [5.41, 5.74) is 2.63. The molecule has 2 amide bonds. The van der Waals surface area contributed by atoms with Gasteiger partial charge in [-0.1, -0.05) is 35.9 Å². The van der Waals surface area contributed by atoms with Gasteiger partial charge in [0.05, 0.1) is 16.8 Å². The molecule has 26 heavy (non-hydrogen) atoms. The molecule has 128 valence electrons. The van der Waals surface area contributed by atoms with Gasteiger partial charge in [0.1, 0.15) is 0 Å². The number of hydrogen-bond acceptors (Lipinski definition) is 3. The van der Waals surface area contributed by atoms with Crippen LogP contribution in [0.25, 0.3) is 0 Å². The average Bonchev–Trinajstić information content (AvgIpc) is 2.93. The van der Waals surface area contributed by atoms with Gasteiger partial charge in [-0.25, -0.2) is 4.90 Å². The molecule has 0 spiro atoms. The van der Waals surface area contributed by atoms with E-state index < -0.39 is 0 Å². The highest BCUT2D eigenvalue weighted by molar-refractivity contribution is 7.98. The summed E-state index contributed by atoms with van der Waals surface area (Å²) in [5.74, 6) is 0.257. The van der Waals surface area contributed by atoms with Crippen LogP contribution in [0.5, 0.6) is 0 Å². The minimum Gasteiger partial charge on any atom is -0.268 e. The molecular weight excluding hydrogens is 366 g/mol. The maximum atomic E-state index is 12.5. The Morgan fingerprint density at radius 1 is 0.769 bits per heavy atom. The Bertz CT molecular complexity index is 949. The smallest absolute Gasteiger partial charge is 0.266 e. The molecule has 0 bridgehead atoms. The fourth-order valence-corrected chi connectivity index (χ4v) is 3.84. The lowest BCUT2D eigenvalue weighted by Gasteiger charge is -2.14. The van der Waals surface area contributed by atoms with Crippen LogP contribution in [0.4, 0.5) is 5.69 Å². The molecule has 0 aliphatic carbocycles. The van der Waals surface area contributed by atoms with Crippen molar-refractivity contribution in [3.05, 3.63) is 94.5 Å². The lowest BCUT2D eigenvalue weighted by Crippen LogP contribution is -2.29. The van der Waals surface area contributed by atoms with Crippen molar-refractivity contribution in [1.29, 1.82) is 0 Å². The summed E-state index contributed by atoms with van der Waals surface area (Å²) in [6, 6.07) is 22.2. The third kappa shape index (κ3) is 3.14. The summed E-state index contributed by atoms with van der Waals surface area (Å²) >= 11 is 7.60. The van der Waals surface area contributed by atoms with Crippen LogP contribution in [0.3, 0.4) is 0 Å². The predicted octanol–water partition coefficient (Wildman–Crippen LogP) is 5.43. The predicted molar refractivity (Wildman–Crippen MR) is 105 cm³/mol. The third-order valence-corrected chi connectivity index (χ3v) is 5.54. The average molecular weight is 380 g/mol. The molecule has 4 rings (SSSR count). The Balaban J connectivity index is 1.49. The van der Waals surface area contributed by atoms with Crippen molar-refractivity contribution < 1.29 is 9.59 Å². The monoisotopic (exact) mass is 379 g/mol. The van der Waals surface area contributed by atoms with E-state index >= 15 is 0 Å². The molecule has 3 nitrogen and oxygen atoms in total. The second-order valence-electron chi connectivity index (χ2n) is 5.90. The van der Waals surface area contributed by atoms with Crippen molar-refractivity contribution in [2.24, 2.45) is 0 Å². The number of thioether (sulfide) groups is 1. The molecular formula is C21H14ClNO2S. The Labute approximate surface area is 160 Å². The number of halogens is 1. The van der Waals surface area contributed by atoms with Crippen molar-refractivity contribution >= 4 is 40.9 Å². The molecule has 0 atom stereocenters. The number of carbonyl (C=O) groups is 2. The first kappa shape index (κ1) is 16.9. The third-order valence-electron chi connectivity index (χ3n) is 4.21. The highest BCUT2D eigenvalue weighted by Crippen LogP contribution is 2.30. The van der Waals surface area contributed by atoms with E-state index in [0.29, 0.717) is 16.8 Å². The highest BCUT2D eigenvalue weighted by Gasteiger charge is 2.36. The van der Waals surface area contributed by atoms with E-state index in [4.69, 9.17) is 11.6 Å². The first-order chi connectivity index (χ1) is 12.6. The SMILES string of the molecule is O=C1c2ccccc2C(=O)N1c1ccc(CSc2ccc(Cl)cc2)cc1. The van der Waals surface area contributed by atoms with Crippen LogP contribution < -0.4 is 4.90 Å². The van der Waals surface area contributed by atoms with Gasteiger partial charge in [0, 0.05) is 15.7 Å². The molecule has 0 fully saturated rings. The number of fused-ring (bicyclic) bond motifs is 1. The van der Waals surface area contributed by atoms with Gasteiger partial charge in [0.15, 0.2) is 0 Å². The van der Waals surface area contributed by atoms with Gasteiger partial charge in [-0.2, -0.15) is 0 Å². The lowest BCUT2D eigenvalue weighted by molar-refractivity contribution is 0.0926. The van der Waals surface area contributed by atoms with Crippen LogP contribution >= 0.6 is 23.4 Å². The van der Waals surface area contributed by atoms with Gasteiger partial charge >= 0.3 is 0 Å². The lowest BCUT2D eigenvalue weighted by atomic mass is 10.1. The van der Waals surface area contributed by atoms with Gasteiger partial charge in [0.25, 0.3) is 11.8 Å². The van der Waals surface area contributed by atoms with Crippen molar-refractivity contribution in [3.8, 4) is 0 Å². The first-order valence-electron chi connectivity index (χ1n) is 8.08. The fourth-order valence-electron chi connectivity index (χ4n) is 2.86. The van der Waals surface area contributed by atoms with Crippen LogP contribution in [0.2, 0.25) is 5.02 Å². The van der Waals surface area contributed by atoms with Crippen molar-refractivity contribution in [2.45, 2.75) is 10.6 Å². The summed E-state index contributed by atoms with van der Waals surface area (Å²) < 4.78 is 0. The van der Waals surface area contributed by atoms with E-state index in [-0.39, 0.29) is 11.8 Å². The van der Waals surface area contributed by atoms with Gasteiger partial charge in [-0.15, -0.1) is 11.8 Å². The number of rotatable bonds is 4. The summed E-state index contributed by atoms with van der Waals surface area (Å²) in [4.78, 5) is 27.4. The molecule has 0 aromatic heterocycles. The Kier molecular flexibility index (Phi) is 4.53. The number of nitrogens with zero attached hydrogens (tertiary/aromatic N) is 1. The molecule has 1 heterocycles. The molecule has 1 aliphatic heterocycles. The second-order valence-corrected chi connectivity index (χ2v) is 7.39. The van der Waals surface area contributed by atoms with Gasteiger partial charge in [-0.3, -0.25) is 9.59 Å². The van der Waals surface area contributed by atoms with E-state index in [1.54, 1.807) is 36.0 Å². The zero-order valence-electron chi connectivity index (χ0n) is 13.7. The molecule has 0 saturated heterocycles. The standard InChI is InChI=1S/C21H14ClNO2S/c22-15-7-11-17(12-8-15)26-13-14-5-9-16(10-6-14)23-20(24)18-3-1-2-4-19(18)21(23)25/h1-12H,13H2. The topological polar surface area (TPSA) is 37.4 Å². The van der Waals surface area contributed by atoms with Crippen LogP contribution in [0, 0.1) is 0 Å². The van der Waals surface area contributed by atoms with E-state index in [1.807, 2.05) is 48.5 Å². The molecule has 0 unspecified atom stereocenters. The molecule has 3 aromatic rings. The van der Waals surface area contributed by atoms with Crippen LogP contribution in [-0.4, -0.2) is 11.8 Å². The quantitative estimate of drug-likeness (QED) is 0.448. The second kappa shape index (κ2) is 6.98. The van der Waals surface area contributed by atoms with Gasteiger partial charge in [-0.05, 0) is 54.1 Å². The maximum absolute atomic E-state index is 12.5. The van der Waals surface area contributed by atoms with Crippen molar-refractivity contribution in [2.75, 3.05) is 4.90 Å².